The summed E-state index contributed by atoms with van der Waals surface area (Å²) in [7, 11) is -0.409. The van der Waals surface area contributed by atoms with Gasteiger partial charge in [0.1, 0.15) is 0 Å². The van der Waals surface area contributed by atoms with Gasteiger partial charge in [0.05, 0.1) is 16.6 Å². The first-order valence-electron chi connectivity index (χ1n) is 13.7. The van der Waals surface area contributed by atoms with Gasteiger partial charge >= 0.3 is 7.12 Å². The van der Waals surface area contributed by atoms with E-state index < -0.39 is 7.12 Å². The summed E-state index contributed by atoms with van der Waals surface area (Å²) in [5.74, 6) is 0.324. The van der Waals surface area contributed by atoms with E-state index in [1.807, 2.05) is 0 Å². The molecule has 1 amide bonds. The summed E-state index contributed by atoms with van der Waals surface area (Å²) in [6, 6.07) is 7.44. The van der Waals surface area contributed by atoms with Gasteiger partial charge in [-0.25, -0.2) is 0 Å². The van der Waals surface area contributed by atoms with E-state index in [1.54, 1.807) is 0 Å². The fourth-order valence-electron chi connectivity index (χ4n) is 6.97. The van der Waals surface area contributed by atoms with Crippen LogP contribution in [-0.2, 0) is 19.5 Å². The zero-order valence-electron chi connectivity index (χ0n) is 22.4. The zero-order chi connectivity index (χ0) is 24.8. The molecule has 7 heteroatoms. The van der Waals surface area contributed by atoms with Gasteiger partial charge in [-0.05, 0) is 102 Å². The molecule has 3 saturated heterocycles. The standard InChI is InChI=1S/C28H42BN3O3/c1-25(2)11-14-31(18-25)20-16-21(17-20)32-23-15-19(29-34-26(3,4)27(5,6)35-29)7-8-22(23)28(24(32)33)9-12-30-13-10-28/h7-8,15,20-21,30H,9-14,16-18H2,1-6H3/t20-,21+. The van der Waals surface area contributed by atoms with E-state index in [9.17, 15) is 4.79 Å². The highest BCUT2D eigenvalue weighted by molar-refractivity contribution is 6.62. The molecule has 1 aromatic rings. The third kappa shape index (κ3) is 3.64. The minimum Gasteiger partial charge on any atom is -0.399 e. The number of fused-ring (bicyclic) bond motifs is 2. The molecule has 6 nitrogen and oxygen atoms in total. The Bertz CT molecular complexity index is 1010. The van der Waals surface area contributed by atoms with Crippen molar-refractivity contribution in [2.45, 2.75) is 102 Å². The lowest BCUT2D eigenvalue weighted by Gasteiger charge is -2.46. The fraction of sp³-hybridized carbons (Fsp3) is 0.750. The molecule has 6 rings (SSSR count). The van der Waals surface area contributed by atoms with Gasteiger partial charge < -0.3 is 19.5 Å². The second-order valence-electron chi connectivity index (χ2n) is 13.5. The molecule has 5 aliphatic rings. The van der Waals surface area contributed by atoms with E-state index >= 15 is 0 Å². The number of piperidine rings is 1. The van der Waals surface area contributed by atoms with Gasteiger partial charge in [0.2, 0.25) is 5.91 Å². The summed E-state index contributed by atoms with van der Waals surface area (Å²) in [6.45, 7) is 17.3. The van der Waals surface area contributed by atoms with Crippen molar-refractivity contribution in [2.75, 3.05) is 31.1 Å². The molecule has 4 fully saturated rings. The summed E-state index contributed by atoms with van der Waals surface area (Å²) in [5.41, 5.74) is 2.61. The van der Waals surface area contributed by atoms with Crippen LogP contribution < -0.4 is 15.7 Å². The zero-order valence-corrected chi connectivity index (χ0v) is 22.4. The Kier molecular flexibility index (Phi) is 5.34. The van der Waals surface area contributed by atoms with Crippen molar-refractivity contribution >= 4 is 24.2 Å². The van der Waals surface area contributed by atoms with Gasteiger partial charge in [0, 0.05) is 24.3 Å². The van der Waals surface area contributed by atoms with Crippen LogP contribution in [0, 0.1) is 5.41 Å². The van der Waals surface area contributed by atoms with E-state index in [-0.39, 0.29) is 22.7 Å². The number of amides is 1. The molecule has 1 N–H and O–H groups in total. The van der Waals surface area contributed by atoms with E-state index in [1.165, 1.54) is 25.1 Å². The SMILES string of the molecule is CC1(C)CCN([C@H]2C[C@@H](N3C(=O)C4(CCNCC4)c4ccc(B5OC(C)(C)C(C)(C)O5)cc43)C2)C1. The molecule has 1 spiro atoms. The predicted molar refractivity (Wildman–Crippen MR) is 140 cm³/mol. The monoisotopic (exact) mass is 479 g/mol. The van der Waals surface area contributed by atoms with Crippen LogP contribution in [0.2, 0.25) is 0 Å². The summed E-state index contributed by atoms with van der Waals surface area (Å²) < 4.78 is 12.7. The third-order valence-electron chi connectivity index (χ3n) is 10.1. The minimum absolute atomic E-state index is 0.290. The average molecular weight is 479 g/mol. The Morgan fingerprint density at radius 1 is 0.943 bits per heavy atom. The smallest absolute Gasteiger partial charge is 0.399 e. The molecule has 190 valence electrons. The Balaban J connectivity index is 1.30. The molecular formula is C28H42BN3O3. The Hall–Kier alpha value is -1.41. The first kappa shape index (κ1) is 24.0. The highest BCUT2D eigenvalue weighted by Gasteiger charge is 2.56. The van der Waals surface area contributed by atoms with Crippen LogP contribution in [-0.4, -0.2) is 67.4 Å². The van der Waals surface area contributed by atoms with Crippen molar-refractivity contribution in [3.05, 3.63) is 23.8 Å². The van der Waals surface area contributed by atoms with Crippen LogP contribution in [0.15, 0.2) is 18.2 Å². The lowest BCUT2D eigenvalue weighted by Crippen LogP contribution is -2.57. The molecule has 0 atom stereocenters. The van der Waals surface area contributed by atoms with Crippen molar-refractivity contribution in [1.29, 1.82) is 0 Å². The number of likely N-dealkylation sites (tertiary alicyclic amines) is 1. The molecule has 4 heterocycles. The summed E-state index contributed by atoms with van der Waals surface area (Å²) in [4.78, 5) is 19.0. The average Bonchev–Trinajstić information content (AvgIpc) is 3.31. The number of hydrogen-bond donors (Lipinski definition) is 1. The van der Waals surface area contributed by atoms with E-state index in [0.717, 1.165) is 49.9 Å². The van der Waals surface area contributed by atoms with Crippen LogP contribution >= 0.6 is 0 Å². The maximum Gasteiger partial charge on any atom is 0.494 e. The highest BCUT2D eigenvalue weighted by atomic mass is 16.7. The number of carbonyl (C=O) groups excluding carboxylic acids is 1. The van der Waals surface area contributed by atoms with Gasteiger partial charge in [-0.2, -0.15) is 0 Å². The quantitative estimate of drug-likeness (QED) is 0.675. The topological polar surface area (TPSA) is 54.0 Å². The molecule has 0 radical (unpaired) electrons. The molecule has 1 aliphatic carbocycles. The Morgan fingerprint density at radius 2 is 1.60 bits per heavy atom. The first-order valence-corrected chi connectivity index (χ1v) is 13.7. The molecule has 0 unspecified atom stereocenters. The van der Waals surface area contributed by atoms with Gasteiger partial charge in [-0.1, -0.05) is 26.0 Å². The van der Waals surface area contributed by atoms with Gasteiger partial charge in [0.25, 0.3) is 0 Å². The molecule has 0 bridgehead atoms. The van der Waals surface area contributed by atoms with Crippen LogP contribution in [0.4, 0.5) is 5.69 Å². The number of hydrogen-bond acceptors (Lipinski definition) is 5. The lowest BCUT2D eigenvalue weighted by molar-refractivity contribution is -0.125. The predicted octanol–water partition coefficient (Wildman–Crippen LogP) is 3.22. The van der Waals surface area contributed by atoms with Crippen molar-refractivity contribution in [3.63, 3.8) is 0 Å². The van der Waals surface area contributed by atoms with Crippen molar-refractivity contribution < 1.29 is 14.1 Å². The number of anilines is 1. The first-order chi connectivity index (χ1) is 16.4. The number of nitrogens with zero attached hydrogens (tertiary/aromatic N) is 2. The van der Waals surface area contributed by atoms with E-state index in [0.29, 0.717) is 17.4 Å². The third-order valence-corrected chi connectivity index (χ3v) is 10.1. The summed E-state index contributed by atoms with van der Waals surface area (Å²) >= 11 is 0. The highest BCUT2D eigenvalue weighted by Crippen LogP contribution is 2.50. The summed E-state index contributed by atoms with van der Waals surface area (Å²) in [5, 5.41) is 3.47. The molecule has 0 aromatic heterocycles. The number of nitrogens with one attached hydrogen (secondary N) is 1. The fourth-order valence-corrected chi connectivity index (χ4v) is 6.97. The van der Waals surface area contributed by atoms with Gasteiger partial charge in [-0.15, -0.1) is 0 Å². The molecule has 1 aromatic carbocycles. The van der Waals surface area contributed by atoms with Crippen LogP contribution in [0.1, 0.15) is 79.2 Å². The van der Waals surface area contributed by atoms with E-state index in [2.05, 4.69) is 74.9 Å². The minimum atomic E-state index is -0.409. The van der Waals surface area contributed by atoms with Crippen LogP contribution in [0.5, 0.6) is 0 Å². The largest absolute Gasteiger partial charge is 0.494 e. The van der Waals surface area contributed by atoms with Crippen molar-refractivity contribution in [1.82, 2.24) is 10.2 Å². The van der Waals surface area contributed by atoms with Crippen molar-refractivity contribution in [3.8, 4) is 0 Å². The Morgan fingerprint density at radius 3 is 2.20 bits per heavy atom. The summed E-state index contributed by atoms with van der Waals surface area (Å²) in [6.07, 6.45) is 5.18. The molecule has 35 heavy (non-hydrogen) atoms. The second kappa shape index (κ2) is 7.80. The lowest BCUT2D eigenvalue weighted by atomic mass is 9.72. The van der Waals surface area contributed by atoms with Gasteiger partial charge in [0.15, 0.2) is 0 Å². The maximum absolute atomic E-state index is 14.2. The molecule has 4 aliphatic heterocycles. The second-order valence-corrected chi connectivity index (χ2v) is 13.5. The van der Waals surface area contributed by atoms with Crippen LogP contribution in [0.3, 0.4) is 0 Å². The number of benzene rings is 1. The number of rotatable bonds is 3. The maximum atomic E-state index is 14.2. The number of carbonyl (C=O) groups is 1. The van der Waals surface area contributed by atoms with Crippen molar-refractivity contribution in [2.24, 2.45) is 5.41 Å². The molecule has 1 saturated carbocycles. The van der Waals surface area contributed by atoms with E-state index in [4.69, 9.17) is 9.31 Å². The normalized spacial score (nSPS) is 32.8. The van der Waals surface area contributed by atoms with Gasteiger partial charge in [-0.3, -0.25) is 9.69 Å². The molecular weight excluding hydrogens is 437 g/mol. The van der Waals surface area contributed by atoms with Crippen LogP contribution in [0.25, 0.3) is 0 Å². The Labute approximate surface area is 211 Å².